The normalized spacial score (nSPS) is 14.8. The number of nitrogens with one attached hydrogen (secondary N) is 1. The summed E-state index contributed by atoms with van der Waals surface area (Å²) in [4.78, 5) is 23.1. The van der Waals surface area contributed by atoms with Gasteiger partial charge in [0, 0.05) is 18.7 Å². The van der Waals surface area contributed by atoms with E-state index in [0.29, 0.717) is 37.6 Å². The fourth-order valence-electron chi connectivity index (χ4n) is 3.16. The average molecular weight is 417 g/mol. The maximum absolute atomic E-state index is 13.6. The number of benzene rings is 1. The van der Waals surface area contributed by atoms with Crippen molar-refractivity contribution in [3.63, 3.8) is 0 Å². The molecule has 1 amide bonds. The quantitative estimate of drug-likeness (QED) is 0.634. The highest BCUT2D eigenvalue weighted by molar-refractivity contribution is 7.93. The molecule has 1 aromatic heterocycles. The van der Waals surface area contributed by atoms with Gasteiger partial charge in [0.25, 0.3) is 5.91 Å². The molecule has 0 aliphatic carbocycles. The van der Waals surface area contributed by atoms with Crippen molar-refractivity contribution >= 4 is 33.0 Å². The van der Waals surface area contributed by atoms with Crippen molar-refractivity contribution in [3.8, 4) is 0 Å². The second-order valence-corrected chi connectivity index (χ2v) is 9.28. The van der Waals surface area contributed by atoms with Gasteiger partial charge in [-0.3, -0.25) is 4.79 Å². The Labute approximate surface area is 172 Å². The fraction of sp³-hybridized carbons (Fsp3) is 0.450. The van der Waals surface area contributed by atoms with Gasteiger partial charge < -0.3 is 16.0 Å². The largest absolute Gasteiger partial charge is 0.382 e. The van der Waals surface area contributed by atoms with Gasteiger partial charge in [0.2, 0.25) is 5.16 Å². The van der Waals surface area contributed by atoms with Crippen molar-refractivity contribution in [2.45, 2.75) is 51.2 Å². The lowest BCUT2D eigenvalue weighted by molar-refractivity contribution is -0.117. The minimum Gasteiger partial charge on any atom is -0.382 e. The van der Waals surface area contributed by atoms with Crippen molar-refractivity contribution in [2.24, 2.45) is 4.36 Å². The number of unbranched alkanes of at least 4 members (excludes halogenated alkanes) is 1. The summed E-state index contributed by atoms with van der Waals surface area (Å²) in [5, 5.41) is 3.25. The summed E-state index contributed by atoms with van der Waals surface area (Å²) in [6.45, 7) is 5.04. The Morgan fingerprint density at radius 2 is 2.00 bits per heavy atom. The number of nitrogens with zero attached hydrogens (tertiary/aromatic N) is 4. The van der Waals surface area contributed by atoms with Crippen LogP contribution in [0.4, 0.5) is 17.3 Å². The zero-order valence-electron chi connectivity index (χ0n) is 16.9. The Balaban J connectivity index is 1.98. The van der Waals surface area contributed by atoms with E-state index in [1.807, 2.05) is 49.1 Å². The van der Waals surface area contributed by atoms with Crippen LogP contribution < -0.4 is 16.0 Å². The number of carbonyl (C=O) groups is 1. The van der Waals surface area contributed by atoms with Gasteiger partial charge in [-0.1, -0.05) is 50.6 Å². The zero-order valence-corrected chi connectivity index (χ0v) is 17.7. The third-order valence-corrected chi connectivity index (χ3v) is 6.83. The molecule has 2 heterocycles. The molecule has 156 valence electrons. The van der Waals surface area contributed by atoms with Crippen molar-refractivity contribution < 1.29 is 9.00 Å². The summed E-state index contributed by atoms with van der Waals surface area (Å²) in [6.07, 6.45) is 2.46. The van der Waals surface area contributed by atoms with Crippen LogP contribution in [0.25, 0.3) is 0 Å². The van der Waals surface area contributed by atoms with Crippen LogP contribution in [0.1, 0.15) is 45.1 Å². The van der Waals surface area contributed by atoms with Gasteiger partial charge in [0.15, 0.2) is 11.6 Å². The Morgan fingerprint density at radius 1 is 1.24 bits per heavy atom. The first-order chi connectivity index (χ1) is 14.0. The zero-order chi connectivity index (χ0) is 20.9. The lowest BCUT2D eigenvalue weighted by Gasteiger charge is -2.18. The van der Waals surface area contributed by atoms with Crippen molar-refractivity contribution in [3.05, 3.63) is 35.9 Å². The first-order valence-electron chi connectivity index (χ1n) is 9.94. The minimum absolute atomic E-state index is 0.0437. The maximum atomic E-state index is 13.6. The summed E-state index contributed by atoms with van der Waals surface area (Å²) >= 11 is 0. The monoisotopic (exact) mass is 416 g/mol. The molecular formula is C20H28N6O2S. The molecular weight excluding hydrogens is 388 g/mol. The number of fused-ring (bicyclic) bond motifs is 1. The Bertz CT molecular complexity index is 986. The van der Waals surface area contributed by atoms with Gasteiger partial charge in [-0.2, -0.15) is 9.35 Å². The molecule has 0 fully saturated rings. The van der Waals surface area contributed by atoms with Gasteiger partial charge >= 0.3 is 0 Å². The number of rotatable bonds is 8. The summed E-state index contributed by atoms with van der Waals surface area (Å²) < 4.78 is 17.6. The van der Waals surface area contributed by atoms with Crippen LogP contribution in [0, 0.1) is 0 Å². The summed E-state index contributed by atoms with van der Waals surface area (Å²) in [7, 11) is -3.07. The number of hydrogen-bond acceptors (Lipinski definition) is 7. The fourth-order valence-corrected chi connectivity index (χ4v) is 4.96. The highest BCUT2D eigenvalue weighted by Gasteiger charge is 2.28. The molecule has 8 nitrogen and oxygen atoms in total. The second kappa shape index (κ2) is 9.21. The lowest BCUT2D eigenvalue weighted by Crippen LogP contribution is -2.23. The molecule has 0 saturated carbocycles. The smallest absolute Gasteiger partial charge is 0.254 e. The first kappa shape index (κ1) is 21.0. The molecule has 3 N–H and O–H groups in total. The molecule has 1 aliphatic rings. The standard InChI is InChI=1S/C20H28N6O2S/c1-3-5-11-16(27)25-29(28,12-4-2)20-23-18(21)17-19(24-20)26(14-22-17)13-15-9-7-6-8-10-15/h6-10,22H,3-5,11-14H2,1-2H3,(H2,21,23,24). The second-order valence-electron chi connectivity index (χ2n) is 7.04. The van der Waals surface area contributed by atoms with E-state index in [9.17, 15) is 9.00 Å². The average Bonchev–Trinajstić information content (AvgIpc) is 3.10. The Kier molecular flexibility index (Phi) is 6.68. The minimum atomic E-state index is -3.07. The van der Waals surface area contributed by atoms with Crippen LogP contribution in [0.3, 0.4) is 0 Å². The third kappa shape index (κ3) is 4.84. The van der Waals surface area contributed by atoms with Gasteiger partial charge in [0.05, 0.1) is 6.67 Å². The van der Waals surface area contributed by atoms with Crippen LogP contribution in [0.2, 0.25) is 0 Å². The van der Waals surface area contributed by atoms with Crippen LogP contribution in [0.15, 0.2) is 39.9 Å². The number of nitrogens with two attached hydrogens (primary N) is 1. The number of nitrogen functional groups attached to an aromatic ring is 1. The molecule has 1 aliphatic heterocycles. The number of hydrogen-bond donors (Lipinski definition) is 2. The highest BCUT2D eigenvalue weighted by Crippen LogP contribution is 2.35. The summed E-state index contributed by atoms with van der Waals surface area (Å²) in [5.41, 5.74) is 7.88. The van der Waals surface area contributed by atoms with E-state index in [-0.39, 0.29) is 29.1 Å². The Hall–Kier alpha value is -2.68. The van der Waals surface area contributed by atoms with E-state index in [1.165, 1.54) is 0 Å². The predicted molar refractivity (Wildman–Crippen MR) is 116 cm³/mol. The molecule has 0 bridgehead atoms. The molecule has 2 aromatic rings. The summed E-state index contributed by atoms with van der Waals surface area (Å²) in [6, 6.07) is 9.99. The van der Waals surface area contributed by atoms with Crippen LogP contribution in [-0.2, 0) is 21.1 Å². The SMILES string of the molecule is CCCCC(=O)N=S(=O)(CCC)c1nc(N)c2c(n1)N(Cc1ccccc1)CN2. The maximum Gasteiger partial charge on any atom is 0.254 e. The number of amides is 1. The van der Waals surface area contributed by atoms with E-state index in [4.69, 9.17) is 5.73 Å². The molecule has 9 heteroatoms. The lowest BCUT2D eigenvalue weighted by atomic mass is 10.2. The van der Waals surface area contributed by atoms with Crippen molar-refractivity contribution in [2.75, 3.05) is 28.4 Å². The van der Waals surface area contributed by atoms with Crippen LogP contribution in [-0.4, -0.2) is 32.5 Å². The first-order valence-corrected chi connectivity index (χ1v) is 11.6. The van der Waals surface area contributed by atoms with Crippen LogP contribution in [0.5, 0.6) is 0 Å². The van der Waals surface area contributed by atoms with E-state index in [2.05, 4.69) is 19.6 Å². The molecule has 1 aromatic carbocycles. The van der Waals surface area contributed by atoms with Gasteiger partial charge in [0.1, 0.15) is 15.4 Å². The molecule has 3 rings (SSSR count). The van der Waals surface area contributed by atoms with Crippen molar-refractivity contribution in [1.29, 1.82) is 0 Å². The van der Waals surface area contributed by atoms with E-state index in [0.717, 1.165) is 12.0 Å². The molecule has 1 atom stereocenters. The number of aromatic nitrogens is 2. The summed E-state index contributed by atoms with van der Waals surface area (Å²) in [5.74, 6) is 0.666. The number of anilines is 3. The Morgan fingerprint density at radius 3 is 2.69 bits per heavy atom. The van der Waals surface area contributed by atoms with Crippen LogP contribution >= 0.6 is 0 Å². The van der Waals surface area contributed by atoms with E-state index in [1.54, 1.807) is 0 Å². The predicted octanol–water partition coefficient (Wildman–Crippen LogP) is 3.40. The van der Waals surface area contributed by atoms with E-state index < -0.39 is 9.73 Å². The topological polar surface area (TPSA) is 114 Å². The highest BCUT2D eigenvalue weighted by atomic mass is 32.2. The molecule has 29 heavy (non-hydrogen) atoms. The van der Waals surface area contributed by atoms with Gasteiger partial charge in [-0.25, -0.2) is 9.19 Å². The molecule has 1 unspecified atom stereocenters. The van der Waals surface area contributed by atoms with Gasteiger partial charge in [-0.05, 0) is 18.4 Å². The number of carbonyl (C=O) groups excluding carboxylic acids is 1. The third-order valence-electron chi connectivity index (χ3n) is 4.62. The van der Waals surface area contributed by atoms with E-state index >= 15 is 0 Å². The van der Waals surface area contributed by atoms with Gasteiger partial charge in [-0.15, -0.1) is 0 Å². The molecule has 0 saturated heterocycles. The van der Waals surface area contributed by atoms with Crippen molar-refractivity contribution in [1.82, 2.24) is 9.97 Å². The molecule has 0 spiro atoms. The molecule has 0 radical (unpaired) electrons.